The Hall–Kier alpha value is -3.26. The molecule has 3 heterocycles. The number of amides is 1. The predicted octanol–water partition coefficient (Wildman–Crippen LogP) is 2.35. The number of pyridine rings is 1. The van der Waals surface area contributed by atoms with Crippen molar-refractivity contribution in [2.75, 3.05) is 48.9 Å². The first-order valence-electron chi connectivity index (χ1n) is 15.0. The molecule has 12 nitrogen and oxygen atoms in total. The highest BCUT2D eigenvalue weighted by Gasteiger charge is 2.44. The number of nitrogens with two attached hydrogens (primary N) is 2. The smallest absolute Gasteiger partial charge is 0.293 e. The van der Waals surface area contributed by atoms with Crippen LogP contribution in [0.4, 0.5) is 11.4 Å². The lowest BCUT2D eigenvalue weighted by atomic mass is 9.76. The molecule has 242 valence electrons. The van der Waals surface area contributed by atoms with Crippen LogP contribution in [0.15, 0.2) is 36.5 Å². The van der Waals surface area contributed by atoms with Gasteiger partial charge < -0.3 is 25.0 Å². The Morgan fingerprint density at radius 3 is 2.68 bits per heavy atom. The lowest BCUT2D eigenvalue weighted by Gasteiger charge is -2.35. The Bertz CT molecular complexity index is 1440. The van der Waals surface area contributed by atoms with Gasteiger partial charge in [-0.1, -0.05) is 19.9 Å². The first-order chi connectivity index (χ1) is 20.9. The molecule has 1 aromatic carbocycles. The van der Waals surface area contributed by atoms with Crippen molar-refractivity contribution in [2.45, 2.75) is 69.9 Å². The highest BCUT2D eigenvalue weighted by atomic mass is 32.2. The highest BCUT2D eigenvalue weighted by molar-refractivity contribution is 7.92. The van der Waals surface area contributed by atoms with Gasteiger partial charge in [-0.3, -0.25) is 20.0 Å². The minimum absolute atomic E-state index is 0.00755. The third-order valence-corrected chi connectivity index (χ3v) is 11.1. The molecule has 2 aliphatic rings. The molecule has 1 amide bonds. The highest BCUT2D eigenvalue weighted by Crippen LogP contribution is 2.54. The number of sulfone groups is 1. The first kappa shape index (κ1) is 33.6. The van der Waals surface area contributed by atoms with Crippen LogP contribution in [0, 0.1) is 5.41 Å². The van der Waals surface area contributed by atoms with E-state index >= 15 is 0 Å². The van der Waals surface area contributed by atoms with Crippen molar-refractivity contribution in [3.8, 4) is 0 Å². The zero-order chi connectivity index (χ0) is 32.2. The second-order valence-corrected chi connectivity index (χ2v) is 14.9. The van der Waals surface area contributed by atoms with Crippen molar-refractivity contribution in [3.05, 3.63) is 53.3 Å². The maximum atomic E-state index is 13.0. The number of nitrogens with one attached hydrogen (secondary N) is 1. The number of methoxy groups -OCH3 is 1. The molecule has 13 heteroatoms. The van der Waals surface area contributed by atoms with E-state index in [-0.39, 0.29) is 48.8 Å². The predicted molar refractivity (Wildman–Crippen MR) is 170 cm³/mol. The second kappa shape index (κ2) is 13.8. The van der Waals surface area contributed by atoms with E-state index in [0.717, 1.165) is 34.7 Å². The molecule has 0 aliphatic carbocycles. The van der Waals surface area contributed by atoms with Crippen LogP contribution in [0.25, 0.3) is 0 Å². The number of anilines is 2. The van der Waals surface area contributed by atoms with Gasteiger partial charge in [-0.2, -0.15) is 0 Å². The lowest BCUT2D eigenvalue weighted by Crippen LogP contribution is -2.52. The molecule has 4 rings (SSSR count). The van der Waals surface area contributed by atoms with E-state index in [1.807, 2.05) is 24.5 Å². The Morgan fingerprint density at radius 2 is 2.02 bits per heavy atom. The monoisotopic (exact) mass is 630 g/mol. The summed E-state index contributed by atoms with van der Waals surface area (Å²) in [5.41, 5.74) is 12.7. The summed E-state index contributed by atoms with van der Waals surface area (Å²) in [6.07, 6.45) is 2.27. The zero-order valence-corrected chi connectivity index (χ0v) is 27.0. The maximum Gasteiger partial charge on any atom is 0.293 e. The van der Waals surface area contributed by atoms with E-state index < -0.39 is 27.0 Å². The summed E-state index contributed by atoms with van der Waals surface area (Å²) in [4.78, 5) is 32.2. The van der Waals surface area contributed by atoms with Gasteiger partial charge in [-0.15, -0.1) is 0 Å². The van der Waals surface area contributed by atoms with Gasteiger partial charge in [0.1, 0.15) is 0 Å². The van der Waals surface area contributed by atoms with Crippen molar-refractivity contribution < 1.29 is 27.5 Å². The van der Waals surface area contributed by atoms with Crippen LogP contribution in [0.2, 0.25) is 0 Å². The molecule has 44 heavy (non-hydrogen) atoms. The molecule has 0 saturated carbocycles. The number of hydrogen-bond donors (Lipinski definition) is 3. The minimum atomic E-state index is -3.44. The molecule has 1 saturated heterocycles. The summed E-state index contributed by atoms with van der Waals surface area (Å²) in [7, 11) is -1.77. The summed E-state index contributed by atoms with van der Waals surface area (Å²) in [6.45, 7) is 10.4. The van der Waals surface area contributed by atoms with Gasteiger partial charge >= 0.3 is 0 Å². The molecule has 2 aliphatic heterocycles. The van der Waals surface area contributed by atoms with E-state index in [4.69, 9.17) is 26.0 Å². The van der Waals surface area contributed by atoms with Crippen LogP contribution in [-0.2, 0) is 28.9 Å². The molecule has 0 bridgehead atoms. The third kappa shape index (κ3) is 7.01. The number of ether oxygens (including phenoxy) is 2. The Kier molecular flexibility index (Phi) is 10.5. The summed E-state index contributed by atoms with van der Waals surface area (Å²) in [5.74, 6) is 4.60. The summed E-state index contributed by atoms with van der Waals surface area (Å²) in [6, 6.07) is 9.29. The van der Waals surface area contributed by atoms with Crippen LogP contribution in [-0.4, -0.2) is 76.2 Å². The van der Waals surface area contributed by atoms with E-state index in [1.54, 1.807) is 13.3 Å². The number of carbonyl (C=O) groups excluding carboxylic acids is 2. The van der Waals surface area contributed by atoms with Crippen molar-refractivity contribution in [3.63, 3.8) is 0 Å². The van der Waals surface area contributed by atoms with Crippen molar-refractivity contribution in [1.29, 1.82) is 0 Å². The van der Waals surface area contributed by atoms with Gasteiger partial charge in [0, 0.05) is 50.2 Å². The molecule has 0 radical (unpaired) electrons. The Labute approximate surface area is 260 Å². The van der Waals surface area contributed by atoms with E-state index in [0.29, 0.717) is 19.4 Å². The van der Waals surface area contributed by atoms with Gasteiger partial charge in [0.15, 0.2) is 9.84 Å². The largest absolute Gasteiger partial charge is 0.467 e. The number of hydrogen-bond acceptors (Lipinski definition) is 11. The van der Waals surface area contributed by atoms with E-state index in [2.05, 4.69) is 48.8 Å². The number of benzene rings is 1. The quantitative estimate of drug-likeness (QED) is 0.128. The first-order valence-corrected chi connectivity index (χ1v) is 16.7. The molecule has 0 spiro atoms. The fraction of sp³-hybridized carbons (Fsp3) is 0.581. The Balaban J connectivity index is 1.76. The summed E-state index contributed by atoms with van der Waals surface area (Å²) in [5, 5.41) is -0.805. The molecular formula is C31H46N6O6S. The number of carbonyl (C=O) groups is 2. The molecule has 5 N–H and O–H groups in total. The van der Waals surface area contributed by atoms with Gasteiger partial charge in [0.25, 0.3) is 12.4 Å². The van der Waals surface area contributed by atoms with Crippen molar-refractivity contribution in [2.24, 2.45) is 17.0 Å². The van der Waals surface area contributed by atoms with Gasteiger partial charge in [-0.25, -0.2) is 14.3 Å². The van der Waals surface area contributed by atoms with Crippen LogP contribution in [0.1, 0.15) is 75.4 Å². The van der Waals surface area contributed by atoms with Crippen LogP contribution >= 0.6 is 0 Å². The SMILES string of the molecule is CCN1c2ccc(N3CCS(=O)(=O)C(CC(N)C(=O)NN)C3)cc2C(CC(C)(C)COC=O)C1c1cccnc1C(C)OC. The van der Waals surface area contributed by atoms with Gasteiger partial charge in [0.05, 0.1) is 41.5 Å². The second-order valence-electron chi connectivity index (χ2n) is 12.5. The van der Waals surface area contributed by atoms with Crippen LogP contribution in [0.3, 0.4) is 0 Å². The normalized spacial score (nSPS) is 22.7. The lowest BCUT2D eigenvalue weighted by molar-refractivity contribution is -0.131. The Morgan fingerprint density at radius 1 is 1.27 bits per heavy atom. The van der Waals surface area contributed by atoms with E-state index in [1.165, 1.54) is 0 Å². The summed E-state index contributed by atoms with van der Waals surface area (Å²) < 4.78 is 36.9. The minimum Gasteiger partial charge on any atom is -0.467 e. The number of rotatable bonds is 13. The van der Waals surface area contributed by atoms with Crippen molar-refractivity contribution in [1.82, 2.24) is 10.4 Å². The van der Waals surface area contributed by atoms with Gasteiger partial charge in [-0.05, 0) is 67.5 Å². The zero-order valence-electron chi connectivity index (χ0n) is 26.2. The number of hydrazine groups is 1. The number of aromatic nitrogens is 1. The van der Waals surface area contributed by atoms with E-state index in [9.17, 15) is 18.0 Å². The third-order valence-electron chi connectivity index (χ3n) is 8.96. The average Bonchev–Trinajstić information content (AvgIpc) is 3.31. The molecular weight excluding hydrogens is 584 g/mol. The topological polar surface area (TPSA) is 170 Å². The number of likely N-dealkylation sites (N-methyl/N-ethyl adjacent to an activating group) is 1. The average molecular weight is 631 g/mol. The number of nitrogens with zero attached hydrogens (tertiary/aromatic N) is 3. The van der Waals surface area contributed by atoms with Gasteiger partial charge in [0.2, 0.25) is 0 Å². The molecule has 2 aromatic rings. The maximum absolute atomic E-state index is 13.0. The standard InChI is InChI=1S/C31H46N6O6S/c1-6-37-27-10-9-21(36-12-13-44(40,41)22(17-36)15-26(32)30(39)35-33)14-24(27)25(16-31(3,4)18-43-19-38)29(37)23-8-7-11-34-28(23)20(2)42-5/h7-11,14,19-20,22,25-26,29H,6,12-13,15-18,32-33H2,1-5H3,(H,35,39). The molecule has 5 unspecified atom stereocenters. The van der Waals surface area contributed by atoms with Crippen LogP contribution in [0.5, 0.6) is 0 Å². The molecule has 1 fully saturated rings. The summed E-state index contributed by atoms with van der Waals surface area (Å²) >= 11 is 0. The molecule has 1 aromatic heterocycles. The molecule has 5 atom stereocenters. The number of fused-ring (bicyclic) bond motifs is 1. The fourth-order valence-corrected chi connectivity index (χ4v) is 8.38. The van der Waals surface area contributed by atoms with Crippen molar-refractivity contribution >= 4 is 33.6 Å². The van der Waals surface area contributed by atoms with Crippen LogP contribution < -0.4 is 26.8 Å². The fourth-order valence-electron chi connectivity index (χ4n) is 6.66.